The zero-order valence-electron chi connectivity index (χ0n) is 13.6. The summed E-state index contributed by atoms with van der Waals surface area (Å²) in [6.45, 7) is 1.99. The van der Waals surface area contributed by atoms with E-state index < -0.39 is 8.80 Å². The molecule has 4 nitrogen and oxygen atoms in total. The van der Waals surface area contributed by atoms with Crippen molar-refractivity contribution in [2.45, 2.75) is 13.0 Å². The van der Waals surface area contributed by atoms with Gasteiger partial charge in [0.05, 0.1) is 0 Å². The van der Waals surface area contributed by atoms with Crippen molar-refractivity contribution in [1.82, 2.24) is 0 Å². The van der Waals surface area contributed by atoms with Crippen LogP contribution in [0.3, 0.4) is 0 Å². The second-order valence-corrected chi connectivity index (χ2v) is 7.67. The molecule has 0 bridgehead atoms. The van der Waals surface area contributed by atoms with Crippen molar-refractivity contribution in [2.24, 2.45) is 0 Å². The highest BCUT2D eigenvalue weighted by molar-refractivity contribution is 6.60. The third kappa shape index (κ3) is 5.99. The quantitative estimate of drug-likeness (QED) is 0.741. The van der Waals surface area contributed by atoms with Crippen molar-refractivity contribution in [3.8, 4) is 11.5 Å². The van der Waals surface area contributed by atoms with Gasteiger partial charge in [0, 0.05) is 27.4 Å². The summed E-state index contributed by atoms with van der Waals surface area (Å²) in [5.41, 5.74) is 0. The van der Waals surface area contributed by atoms with Gasteiger partial charge >= 0.3 is 8.80 Å². The number of hydrogen-bond acceptors (Lipinski definition) is 4. The van der Waals surface area contributed by atoms with Crippen LogP contribution in [-0.4, -0.2) is 30.1 Å². The second-order valence-electron chi connectivity index (χ2n) is 4.38. The Morgan fingerprint density at radius 2 is 1.05 bits per heavy atom. The summed E-state index contributed by atoms with van der Waals surface area (Å²) in [5.74, 6) is 1.74. The monoisotopic (exact) mass is 320 g/mol. The predicted molar refractivity (Wildman–Crippen MR) is 90.2 cm³/mol. The molecule has 0 spiro atoms. The lowest BCUT2D eigenvalue weighted by Crippen LogP contribution is -2.41. The van der Waals surface area contributed by atoms with Crippen LogP contribution in [0.25, 0.3) is 0 Å². The van der Waals surface area contributed by atoms with Crippen molar-refractivity contribution >= 4 is 8.80 Å². The molecule has 0 unspecified atom stereocenters. The van der Waals surface area contributed by atoms with Crippen LogP contribution in [0.2, 0.25) is 6.04 Å². The van der Waals surface area contributed by atoms with Gasteiger partial charge in [-0.25, -0.2) is 0 Å². The van der Waals surface area contributed by atoms with Gasteiger partial charge in [0.1, 0.15) is 11.5 Å². The van der Waals surface area contributed by atoms with Crippen LogP contribution in [0.1, 0.15) is 6.92 Å². The summed E-state index contributed by atoms with van der Waals surface area (Å²) >= 11 is 0. The standard InChI is InChI=1S/C12H10O.C5H14O3Si/c1-3-7-11(8-4-1)13-12-9-5-2-6-10-12;1-5-9(6-2,7-3)8-4/h1-10H;5H2,1-4H3. The van der Waals surface area contributed by atoms with E-state index in [9.17, 15) is 0 Å². The molecule has 0 atom stereocenters. The largest absolute Gasteiger partial charge is 0.499 e. The zero-order chi connectivity index (χ0) is 16.3. The van der Waals surface area contributed by atoms with E-state index in [-0.39, 0.29) is 0 Å². The molecule has 22 heavy (non-hydrogen) atoms. The van der Waals surface area contributed by atoms with Crippen molar-refractivity contribution in [1.29, 1.82) is 0 Å². The van der Waals surface area contributed by atoms with E-state index in [2.05, 4.69) is 0 Å². The topological polar surface area (TPSA) is 36.9 Å². The molecule has 0 aromatic heterocycles. The Balaban J connectivity index is 0.000000239. The van der Waals surface area contributed by atoms with Gasteiger partial charge in [-0.15, -0.1) is 0 Å². The molecule has 0 amide bonds. The molecule has 2 aromatic rings. The van der Waals surface area contributed by atoms with Crippen LogP contribution in [0.4, 0.5) is 0 Å². The van der Waals surface area contributed by atoms with Gasteiger partial charge in [0.2, 0.25) is 0 Å². The van der Waals surface area contributed by atoms with E-state index in [1.165, 1.54) is 0 Å². The van der Waals surface area contributed by atoms with Crippen LogP contribution in [0.15, 0.2) is 60.7 Å². The fourth-order valence-electron chi connectivity index (χ4n) is 1.80. The van der Waals surface area contributed by atoms with Crippen molar-refractivity contribution < 1.29 is 18.0 Å². The van der Waals surface area contributed by atoms with E-state index in [4.69, 9.17) is 18.0 Å². The Kier molecular flexibility index (Phi) is 8.46. The van der Waals surface area contributed by atoms with Gasteiger partial charge in [-0.1, -0.05) is 43.3 Å². The molecule has 0 aliphatic carbocycles. The maximum absolute atomic E-state index is 5.58. The minimum absolute atomic E-state index is 0.816. The Labute approximate surface area is 134 Å². The van der Waals surface area contributed by atoms with E-state index >= 15 is 0 Å². The first-order valence-corrected chi connectivity index (χ1v) is 9.06. The maximum Gasteiger partial charge on any atom is 0.499 e. The third-order valence-corrected chi connectivity index (χ3v) is 5.82. The number of hydrogen-bond donors (Lipinski definition) is 0. The average Bonchev–Trinajstić information content (AvgIpc) is 2.60. The smallest absolute Gasteiger partial charge is 0.457 e. The van der Waals surface area contributed by atoms with Crippen molar-refractivity contribution in [3.05, 3.63) is 60.7 Å². The van der Waals surface area contributed by atoms with Gasteiger partial charge in [-0.05, 0) is 24.3 Å². The lowest BCUT2D eigenvalue weighted by atomic mass is 10.3. The minimum atomic E-state index is -2.19. The average molecular weight is 320 g/mol. The van der Waals surface area contributed by atoms with Gasteiger partial charge < -0.3 is 18.0 Å². The van der Waals surface area contributed by atoms with Crippen molar-refractivity contribution in [3.63, 3.8) is 0 Å². The molecular weight excluding hydrogens is 296 g/mol. The fraction of sp³-hybridized carbons (Fsp3) is 0.294. The van der Waals surface area contributed by atoms with Crippen LogP contribution >= 0.6 is 0 Å². The zero-order valence-corrected chi connectivity index (χ0v) is 14.6. The molecular formula is C17H24O4Si. The van der Waals surface area contributed by atoms with Crippen molar-refractivity contribution in [2.75, 3.05) is 21.3 Å². The minimum Gasteiger partial charge on any atom is -0.457 e. The summed E-state index contributed by atoms with van der Waals surface area (Å²) in [6, 6.07) is 20.3. The summed E-state index contributed by atoms with van der Waals surface area (Å²) < 4.78 is 20.8. The Hall–Kier alpha value is -1.66. The normalized spacial score (nSPS) is 10.5. The SMILES string of the molecule is CC[Si](OC)(OC)OC.c1ccc(Oc2ccccc2)cc1. The summed E-state index contributed by atoms with van der Waals surface area (Å²) in [4.78, 5) is 0. The van der Waals surface area contributed by atoms with Gasteiger partial charge in [-0.3, -0.25) is 0 Å². The van der Waals surface area contributed by atoms with Gasteiger partial charge in [-0.2, -0.15) is 0 Å². The molecule has 0 radical (unpaired) electrons. The lowest BCUT2D eigenvalue weighted by molar-refractivity contribution is 0.125. The molecule has 0 fully saturated rings. The molecule has 2 aromatic carbocycles. The molecule has 0 heterocycles. The molecule has 0 aliphatic rings. The molecule has 5 heteroatoms. The third-order valence-electron chi connectivity index (χ3n) is 3.09. The fourth-order valence-corrected chi connectivity index (χ4v) is 3.16. The molecule has 0 saturated carbocycles. The van der Waals surface area contributed by atoms with Crippen LogP contribution < -0.4 is 4.74 Å². The van der Waals surface area contributed by atoms with E-state index in [0.29, 0.717) is 0 Å². The Bertz CT molecular complexity index is 446. The van der Waals surface area contributed by atoms with Crippen LogP contribution in [-0.2, 0) is 13.3 Å². The molecule has 0 N–H and O–H groups in total. The van der Waals surface area contributed by atoms with Gasteiger partial charge in [0.25, 0.3) is 0 Å². The highest BCUT2D eigenvalue weighted by Gasteiger charge is 2.34. The second kappa shape index (κ2) is 10.1. The number of ether oxygens (including phenoxy) is 1. The van der Waals surface area contributed by atoms with E-state index in [1.54, 1.807) is 21.3 Å². The van der Waals surface area contributed by atoms with Crippen LogP contribution in [0.5, 0.6) is 11.5 Å². The first-order valence-electron chi connectivity index (χ1n) is 7.13. The molecule has 2 rings (SSSR count). The summed E-state index contributed by atoms with van der Waals surface area (Å²) in [5, 5.41) is 0. The van der Waals surface area contributed by atoms with E-state index in [0.717, 1.165) is 17.5 Å². The number of benzene rings is 2. The number of para-hydroxylation sites is 2. The molecule has 0 saturated heterocycles. The van der Waals surface area contributed by atoms with Gasteiger partial charge in [0.15, 0.2) is 0 Å². The maximum atomic E-state index is 5.58. The summed E-state index contributed by atoms with van der Waals surface area (Å²) in [7, 11) is 2.65. The highest BCUT2D eigenvalue weighted by atomic mass is 28.4. The molecule has 0 aliphatic heterocycles. The Morgan fingerprint density at radius 3 is 1.27 bits per heavy atom. The Morgan fingerprint density at radius 1 is 0.682 bits per heavy atom. The number of rotatable bonds is 6. The predicted octanol–water partition coefficient (Wildman–Crippen LogP) is 4.36. The molecule has 120 valence electrons. The van der Waals surface area contributed by atoms with Crippen LogP contribution in [0, 0.1) is 0 Å². The summed E-state index contributed by atoms with van der Waals surface area (Å²) in [6.07, 6.45) is 0. The lowest BCUT2D eigenvalue weighted by Gasteiger charge is -2.22. The highest BCUT2D eigenvalue weighted by Crippen LogP contribution is 2.19. The van der Waals surface area contributed by atoms with E-state index in [1.807, 2.05) is 67.6 Å². The first-order chi connectivity index (χ1) is 10.7. The first kappa shape index (κ1) is 18.4.